The van der Waals surface area contributed by atoms with E-state index in [0.29, 0.717) is 0 Å². The summed E-state index contributed by atoms with van der Waals surface area (Å²) in [6.45, 7) is 8.03. The van der Waals surface area contributed by atoms with Gasteiger partial charge in [-0.2, -0.15) is 0 Å². The lowest BCUT2D eigenvalue weighted by Gasteiger charge is -2.30. The Labute approximate surface area is 162 Å². The zero-order chi connectivity index (χ0) is 21.3. The molecule has 0 saturated heterocycles. The number of allylic oxidation sites excluding steroid dienone is 1. The number of hydrogen-bond donors (Lipinski definition) is 2. The number of carbonyl (C=O) groups excluding carboxylic acids is 2. The van der Waals surface area contributed by atoms with Gasteiger partial charge in [0, 0.05) is 17.3 Å². The Morgan fingerprint density at radius 2 is 1.93 bits per heavy atom. The Balaban J connectivity index is 2.68. The minimum atomic E-state index is -2.39. The maximum atomic E-state index is 12.9. The zero-order valence-electron chi connectivity index (χ0n) is 16.4. The fourth-order valence-corrected chi connectivity index (χ4v) is 3.14. The summed E-state index contributed by atoms with van der Waals surface area (Å²) in [5, 5.41) is 25.3. The molecule has 2 rings (SSSR count). The Morgan fingerprint density at radius 1 is 1.32 bits per heavy atom. The summed E-state index contributed by atoms with van der Waals surface area (Å²) in [6, 6.07) is 5.60. The standard InChI is InChI=1S/C19H24N2O7/c1-6-27-17(23)19(24)15(12-9-7-8-10-13(12)21(25)26)14(11(2)20-19)16(22)28-18(3,4)5/h7-10,15,20,24H,6H2,1-5H3/t15-,19-/m1/s1. The van der Waals surface area contributed by atoms with E-state index in [4.69, 9.17) is 9.47 Å². The van der Waals surface area contributed by atoms with Crippen LogP contribution in [0, 0.1) is 10.1 Å². The Morgan fingerprint density at radius 3 is 2.46 bits per heavy atom. The van der Waals surface area contributed by atoms with E-state index in [0.717, 1.165) is 0 Å². The third-order valence-corrected chi connectivity index (χ3v) is 4.14. The fourth-order valence-electron chi connectivity index (χ4n) is 3.14. The number of nitro groups is 1. The molecule has 0 aromatic heterocycles. The second kappa shape index (κ2) is 7.59. The second-order valence-electron chi connectivity index (χ2n) is 7.40. The SMILES string of the molecule is CCOC(=O)[C@@]1(O)NC(C)=C(C(=O)OC(C)(C)C)[C@H]1c1ccccc1[N+](=O)[O-]. The molecule has 0 fully saturated rings. The van der Waals surface area contributed by atoms with Gasteiger partial charge in [0.25, 0.3) is 5.69 Å². The number of rotatable bonds is 5. The van der Waals surface area contributed by atoms with E-state index in [2.05, 4.69) is 5.32 Å². The molecule has 1 aliphatic rings. The quantitative estimate of drug-likeness (QED) is 0.443. The Kier molecular flexibility index (Phi) is 5.79. The van der Waals surface area contributed by atoms with E-state index in [1.54, 1.807) is 27.7 Å². The number of benzene rings is 1. The van der Waals surface area contributed by atoms with Crippen molar-refractivity contribution in [3.05, 3.63) is 51.2 Å². The summed E-state index contributed by atoms with van der Waals surface area (Å²) in [6.07, 6.45) is 0. The minimum Gasteiger partial charge on any atom is -0.462 e. The van der Waals surface area contributed by atoms with E-state index in [9.17, 15) is 24.8 Å². The molecule has 1 aliphatic heterocycles. The summed E-state index contributed by atoms with van der Waals surface area (Å²) in [5.74, 6) is -3.22. The Hall–Kier alpha value is -2.94. The molecule has 9 nitrogen and oxygen atoms in total. The lowest BCUT2D eigenvalue weighted by molar-refractivity contribution is -0.385. The molecule has 2 atom stereocenters. The number of esters is 2. The first-order chi connectivity index (χ1) is 12.9. The van der Waals surface area contributed by atoms with Crippen LogP contribution in [0.5, 0.6) is 0 Å². The van der Waals surface area contributed by atoms with Crippen molar-refractivity contribution < 1.29 is 29.1 Å². The number of carbonyl (C=O) groups is 2. The predicted molar refractivity (Wildman–Crippen MR) is 99.1 cm³/mol. The number of ether oxygens (including phenoxy) is 2. The molecule has 9 heteroatoms. The van der Waals surface area contributed by atoms with Crippen LogP contribution in [-0.4, -0.2) is 39.9 Å². The first-order valence-electron chi connectivity index (χ1n) is 8.77. The van der Waals surface area contributed by atoms with Crippen molar-refractivity contribution >= 4 is 17.6 Å². The van der Waals surface area contributed by atoms with Gasteiger partial charge in [-0.3, -0.25) is 10.1 Å². The smallest absolute Gasteiger partial charge is 0.360 e. The van der Waals surface area contributed by atoms with E-state index < -0.39 is 34.1 Å². The van der Waals surface area contributed by atoms with Crippen LogP contribution < -0.4 is 5.32 Å². The molecule has 1 heterocycles. The molecule has 1 aromatic carbocycles. The van der Waals surface area contributed by atoms with Gasteiger partial charge in [0.15, 0.2) is 0 Å². The topological polar surface area (TPSA) is 128 Å². The molecule has 0 aliphatic carbocycles. The lowest BCUT2D eigenvalue weighted by Crippen LogP contribution is -2.53. The maximum Gasteiger partial charge on any atom is 0.360 e. The van der Waals surface area contributed by atoms with Gasteiger partial charge in [-0.25, -0.2) is 9.59 Å². The van der Waals surface area contributed by atoms with Crippen LogP contribution in [0.25, 0.3) is 0 Å². The van der Waals surface area contributed by atoms with Crippen LogP contribution in [0.2, 0.25) is 0 Å². The summed E-state index contributed by atoms with van der Waals surface area (Å²) in [5.41, 5.74) is -3.48. The van der Waals surface area contributed by atoms with Crippen LogP contribution in [0.4, 0.5) is 5.69 Å². The maximum absolute atomic E-state index is 12.9. The highest BCUT2D eigenvalue weighted by molar-refractivity contribution is 5.96. The van der Waals surface area contributed by atoms with Gasteiger partial charge in [-0.15, -0.1) is 0 Å². The van der Waals surface area contributed by atoms with Gasteiger partial charge in [-0.05, 0) is 34.6 Å². The van der Waals surface area contributed by atoms with Crippen LogP contribution in [0.15, 0.2) is 35.5 Å². The van der Waals surface area contributed by atoms with Crippen LogP contribution >= 0.6 is 0 Å². The van der Waals surface area contributed by atoms with E-state index in [1.165, 1.54) is 31.2 Å². The van der Waals surface area contributed by atoms with Gasteiger partial charge >= 0.3 is 11.9 Å². The average Bonchev–Trinajstić information content (AvgIpc) is 2.85. The highest BCUT2D eigenvalue weighted by atomic mass is 16.6. The lowest BCUT2D eigenvalue weighted by atomic mass is 9.83. The molecule has 0 amide bonds. The monoisotopic (exact) mass is 392 g/mol. The van der Waals surface area contributed by atoms with Crippen molar-refractivity contribution in [3.63, 3.8) is 0 Å². The van der Waals surface area contributed by atoms with Crippen LogP contribution in [-0.2, 0) is 19.1 Å². The van der Waals surface area contributed by atoms with Crippen molar-refractivity contribution in [1.82, 2.24) is 5.32 Å². The molecule has 0 saturated carbocycles. The molecule has 152 valence electrons. The van der Waals surface area contributed by atoms with E-state index in [1.807, 2.05) is 0 Å². The third-order valence-electron chi connectivity index (χ3n) is 4.14. The Bertz CT molecular complexity index is 841. The summed E-state index contributed by atoms with van der Waals surface area (Å²) in [4.78, 5) is 36.3. The number of nitrogens with one attached hydrogen (secondary N) is 1. The predicted octanol–water partition coefficient (Wildman–Crippen LogP) is 2.15. The van der Waals surface area contributed by atoms with E-state index in [-0.39, 0.29) is 29.1 Å². The summed E-state index contributed by atoms with van der Waals surface area (Å²) >= 11 is 0. The van der Waals surface area contributed by atoms with Crippen molar-refractivity contribution in [2.24, 2.45) is 0 Å². The van der Waals surface area contributed by atoms with Crippen molar-refractivity contribution in [2.45, 2.75) is 51.9 Å². The normalized spacial score (nSPS) is 21.9. The fraction of sp³-hybridized carbons (Fsp3) is 0.474. The second-order valence-corrected chi connectivity index (χ2v) is 7.40. The molecular weight excluding hydrogens is 368 g/mol. The van der Waals surface area contributed by atoms with Gasteiger partial charge in [-0.1, -0.05) is 18.2 Å². The number of nitro benzene ring substituents is 1. The molecule has 2 N–H and O–H groups in total. The first kappa shape index (κ1) is 21.4. The average molecular weight is 392 g/mol. The molecule has 0 unspecified atom stereocenters. The number of hydrogen-bond acceptors (Lipinski definition) is 8. The molecule has 0 radical (unpaired) electrons. The van der Waals surface area contributed by atoms with Crippen LogP contribution in [0.3, 0.4) is 0 Å². The molecule has 1 aromatic rings. The minimum absolute atomic E-state index is 0.00624. The van der Waals surface area contributed by atoms with Gasteiger partial charge in [0.05, 0.1) is 23.0 Å². The highest BCUT2D eigenvalue weighted by Crippen LogP contribution is 2.45. The number of aliphatic hydroxyl groups is 1. The molecule has 28 heavy (non-hydrogen) atoms. The van der Waals surface area contributed by atoms with Gasteiger partial charge in [0.1, 0.15) is 5.60 Å². The largest absolute Gasteiger partial charge is 0.462 e. The zero-order valence-corrected chi connectivity index (χ0v) is 16.4. The van der Waals surface area contributed by atoms with Crippen molar-refractivity contribution in [1.29, 1.82) is 0 Å². The molecule has 0 bridgehead atoms. The number of para-hydroxylation sites is 1. The molecular formula is C19H24N2O7. The van der Waals surface area contributed by atoms with Gasteiger partial charge < -0.3 is 19.9 Å². The first-order valence-corrected chi connectivity index (χ1v) is 8.77. The highest BCUT2D eigenvalue weighted by Gasteiger charge is 2.57. The van der Waals surface area contributed by atoms with Crippen LogP contribution in [0.1, 0.15) is 46.1 Å². The van der Waals surface area contributed by atoms with E-state index >= 15 is 0 Å². The molecule has 0 spiro atoms. The van der Waals surface area contributed by atoms with Crippen molar-refractivity contribution in [2.75, 3.05) is 6.61 Å². The summed E-state index contributed by atoms with van der Waals surface area (Å²) in [7, 11) is 0. The third kappa shape index (κ3) is 3.99. The number of nitrogens with zero attached hydrogens (tertiary/aromatic N) is 1. The summed E-state index contributed by atoms with van der Waals surface area (Å²) < 4.78 is 10.4. The van der Waals surface area contributed by atoms with Gasteiger partial charge in [0.2, 0.25) is 5.72 Å². The van der Waals surface area contributed by atoms with Crippen molar-refractivity contribution in [3.8, 4) is 0 Å².